The minimum Gasteiger partial charge on any atom is -0.497 e. The highest BCUT2D eigenvalue weighted by atomic mass is 32.2. The number of benzene rings is 2. The van der Waals surface area contributed by atoms with Gasteiger partial charge in [-0.2, -0.15) is 0 Å². The number of thiophene rings is 1. The fraction of sp³-hybridized carbons (Fsp3) is 0.0870. The van der Waals surface area contributed by atoms with E-state index in [2.05, 4.69) is 5.38 Å². The Labute approximate surface area is 191 Å². The number of hydrogen-bond acceptors (Lipinski definition) is 7. The van der Waals surface area contributed by atoms with Gasteiger partial charge in [-0.05, 0) is 47.8 Å². The van der Waals surface area contributed by atoms with Crippen molar-refractivity contribution in [3.63, 3.8) is 0 Å². The van der Waals surface area contributed by atoms with Gasteiger partial charge in [0.2, 0.25) is 0 Å². The first-order valence-electron chi connectivity index (χ1n) is 9.50. The van der Waals surface area contributed by atoms with Crippen molar-refractivity contribution in [2.75, 3.05) is 7.11 Å². The Morgan fingerprint density at radius 1 is 1.00 bits per heavy atom. The number of aromatic nitrogens is 3. The largest absolute Gasteiger partial charge is 0.497 e. The maximum absolute atomic E-state index is 13.2. The summed E-state index contributed by atoms with van der Waals surface area (Å²) in [5, 5.41) is 6.24. The molecule has 2 aromatic carbocycles. The molecular weight excluding hydrogens is 446 g/mol. The Kier molecular flexibility index (Phi) is 5.59. The van der Waals surface area contributed by atoms with Crippen LogP contribution in [0, 0.1) is 0 Å². The second-order valence-electron chi connectivity index (χ2n) is 6.67. The van der Waals surface area contributed by atoms with E-state index in [1.54, 1.807) is 23.0 Å². The van der Waals surface area contributed by atoms with Gasteiger partial charge in [0.15, 0.2) is 5.16 Å². The zero-order valence-corrected chi connectivity index (χ0v) is 19.0. The van der Waals surface area contributed by atoms with Crippen molar-refractivity contribution >= 4 is 44.7 Å². The molecule has 0 aliphatic rings. The van der Waals surface area contributed by atoms with E-state index in [-0.39, 0.29) is 5.56 Å². The predicted octanol–water partition coefficient (Wildman–Crippen LogP) is 5.87. The van der Waals surface area contributed by atoms with E-state index < -0.39 is 0 Å². The summed E-state index contributed by atoms with van der Waals surface area (Å²) in [7, 11) is 1.66. The molecule has 0 radical (unpaired) electrons. The lowest BCUT2D eigenvalue weighted by atomic mass is 10.2. The lowest BCUT2D eigenvalue weighted by Gasteiger charge is -2.11. The molecule has 0 saturated heterocycles. The summed E-state index contributed by atoms with van der Waals surface area (Å²) < 4.78 is 6.92. The predicted molar refractivity (Wildman–Crippen MR) is 129 cm³/mol. The molecule has 0 spiro atoms. The van der Waals surface area contributed by atoms with E-state index in [1.807, 2.05) is 66.0 Å². The van der Waals surface area contributed by atoms with Crippen LogP contribution in [0.15, 0.2) is 81.4 Å². The number of rotatable bonds is 6. The van der Waals surface area contributed by atoms with Gasteiger partial charge >= 0.3 is 0 Å². The van der Waals surface area contributed by atoms with Crippen LogP contribution in [0.25, 0.3) is 26.5 Å². The van der Waals surface area contributed by atoms with Crippen molar-refractivity contribution in [1.82, 2.24) is 14.5 Å². The first-order chi connectivity index (χ1) is 15.2. The first kappa shape index (κ1) is 20.0. The van der Waals surface area contributed by atoms with Crippen molar-refractivity contribution in [3.8, 4) is 22.0 Å². The van der Waals surface area contributed by atoms with E-state index in [4.69, 9.17) is 14.7 Å². The van der Waals surface area contributed by atoms with Crippen LogP contribution in [0.2, 0.25) is 0 Å². The molecule has 0 aliphatic heterocycles. The Bertz CT molecular complexity index is 1390. The molecule has 8 heteroatoms. The van der Waals surface area contributed by atoms with Crippen LogP contribution in [0.4, 0.5) is 0 Å². The first-order valence-corrected chi connectivity index (χ1v) is 12.2. The van der Waals surface area contributed by atoms with Crippen LogP contribution in [0.3, 0.4) is 0 Å². The van der Waals surface area contributed by atoms with Gasteiger partial charge in [0, 0.05) is 16.7 Å². The molecule has 0 unspecified atom stereocenters. The van der Waals surface area contributed by atoms with E-state index in [1.165, 1.54) is 23.1 Å². The summed E-state index contributed by atoms with van der Waals surface area (Å²) in [6.45, 7) is 0. The standard InChI is InChI=1S/C23H17N3O2S3/c1-28-18-9-7-15(8-10-18)20-24-16(13-30-20)14-31-23-25-21-19(11-12-29-21)22(27)26(23)17-5-3-2-4-6-17/h2-13H,14H2,1H3. The molecule has 5 rings (SSSR count). The Balaban J connectivity index is 1.45. The molecule has 0 saturated carbocycles. The molecule has 154 valence electrons. The third kappa shape index (κ3) is 4.01. The van der Waals surface area contributed by atoms with Crippen LogP contribution in [0.5, 0.6) is 5.75 Å². The minimum absolute atomic E-state index is 0.0443. The van der Waals surface area contributed by atoms with Gasteiger partial charge in [-0.1, -0.05) is 30.0 Å². The minimum atomic E-state index is -0.0443. The third-order valence-electron chi connectivity index (χ3n) is 4.72. The normalized spacial score (nSPS) is 11.1. The van der Waals surface area contributed by atoms with Gasteiger partial charge in [0.25, 0.3) is 5.56 Å². The quantitative estimate of drug-likeness (QED) is 0.233. The molecule has 5 nitrogen and oxygen atoms in total. The molecule has 0 N–H and O–H groups in total. The maximum atomic E-state index is 13.2. The summed E-state index contributed by atoms with van der Waals surface area (Å²) in [5.74, 6) is 1.45. The summed E-state index contributed by atoms with van der Waals surface area (Å²) in [6, 6.07) is 19.4. The number of methoxy groups -OCH3 is 1. The maximum Gasteiger partial charge on any atom is 0.267 e. The number of fused-ring (bicyclic) bond motifs is 1. The fourth-order valence-electron chi connectivity index (χ4n) is 3.17. The van der Waals surface area contributed by atoms with E-state index in [0.29, 0.717) is 16.3 Å². The zero-order valence-electron chi connectivity index (χ0n) is 16.5. The molecule has 0 amide bonds. The van der Waals surface area contributed by atoms with Gasteiger partial charge in [-0.15, -0.1) is 22.7 Å². The SMILES string of the molecule is COc1ccc(-c2nc(CSc3nc4sccc4c(=O)n3-c3ccccc3)cs2)cc1. The number of nitrogens with zero attached hydrogens (tertiary/aromatic N) is 3. The molecule has 5 aromatic rings. The number of para-hydroxylation sites is 1. The van der Waals surface area contributed by atoms with Crippen molar-refractivity contribution in [1.29, 1.82) is 0 Å². The molecule has 31 heavy (non-hydrogen) atoms. The van der Waals surface area contributed by atoms with Crippen molar-refractivity contribution < 1.29 is 4.74 Å². The summed E-state index contributed by atoms with van der Waals surface area (Å²) in [6.07, 6.45) is 0. The van der Waals surface area contributed by atoms with Crippen LogP contribution in [-0.4, -0.2) is 21.6 Å². The highest BCUT2D eigenvalue weighted by Crippen LogP contribution is 2.30. The number of ether oxygens (including phenoxy) is 1. The Morgan fingerprint density at radius 2 is 1.81 bits per heavy atom. The summed E-state index contributed by atoms with van der Waals surface area (Å²) in [5.41, 5.74) is 2.78. The monoisotopic (exact) mass is 463 g/mol. The van der Waals surface area contributed by atoms with E-state index >= 15 is 0 Å². The number of thiazole rings is 1. The van der Waals surface area contributed by atoms with Crippen LogP contribution in [-0.2, 0) is 5.75 Å². The van der Waals surface area contributed by atoms with Gasteiger partial charge in [-0.25, -0.2) is 9.97 Å². The smallest absolute Gasteiger partial charge is 0.267 e. The highest BCUT2D eigenvalue weighted by Gasteiger charge is 2.15. The van der Waals surface area contributed by atoms with E-state index in [9.17, 15) is 4.79 Å². The van der Waals surface area contributed by atoms with Crippen molar-refractivity contribution in [3.05, 3.63) is 87.5 Å². The Hall–Kier alpha value is -2.94. The number of hydrogen-bond donors (Lipinski definition) is 0. The average molecular weight is 464 g/mol. The van der Waals surface area contributed by atoms with Crippen molar-refractivity contribution in [2.45, 2.75) is 10.9 Å². The Morgan fingerprint density at radius 3 is 2.58 bits per heavy atom. The lowest BCUT2D eigenvalue weighted by molar-refractivity contribution is 0.415. The second kappa shape index (κ2) is 8.66. The van der Waals surface area contributed by atoms with Gasteiger partial charge in [0.05, 0.1) is 23.9 Å². The molecule has 3 aromatic heterocycles. The van der Waals surface area contributed by atoms with Gasteiger partial charge in [0.1, 0.15) is 15.6 Å². The zero-order chi connectivity index (χ0) is 21.2. The number of thioether (sulfide) groups is 1. The van der Waals surface area contributed by atoms with Crippen LogP contribution < -0.4 is 10.3 Å². The van der Waals surface area contributed by atoms with Crippen LogP contribution >= 0.6 is 34.4 Å². The second-order valence-corrected chi connectivity index (χ2v) is 9.37. The molecule has 0 fully saturated rings. The molecule has 0 bridgehead atoms. The topological polar surface area (TPSA) is 57.0 Å². The van der Waals surface area contributed by atoms with Gasteiger partial charge in [-0.3, -0.25) is 9.36 Å². The van der Waals surface area contributed by atoms with Crippen LogP contribution in [0.1, 0.15) is 5.69 Å². The molecule has 0 aliphatic carbocycles. The summed E-state index contributed by atoms with van der Waals surface area (Å²) >= 11 is 4.62. The molecule has 0 atom stereocenters. The third-order valence-corrected chi connectivity index (χ3v) is 7.44. The fourth-order valence-corrected chi connectivity index (χ4v) is 5.82. The van der Waals surface area contributed by atoms with Gasteiger partial charge < -0.3 is 4.74 Å². The highest BCUT2D eigenvalue weighted by molar-refractivity contribution is 7.98. The van der Waals surface area contributed by atoms with Crippen molar-refractivity contribution in [2.24, 2.45) is 0 Å². The molecular formula is C23H17N3O2S3. The summed E-state index contributed by atoms with van der Waals surface area (Å²) in [4.78, 5) is 23.5. The average Bonchev–Trinajstić information content (AvgIpc) is 3.48. The lowest BCUT2D eigenvalue weighted by Crippen LogP contribution is -2.21. The molecule has 3 heterocycles. The van der Waals surface area contributed by atoms with E-state index in [0.717, 1.165) is 32.5 Å².